The van der Waals surface area contributed by atoms with Crippen molar-refractivity contribution in [3.63, 3.8) is 0 Å². The van der Waals surface area contributed by atoms with Crippen molar-refractivity contribution in [2.75, 3.05) is 0 Å². The molecule has 4 nitrogen and oxygen atoms in total. The average molecular weight is 252 g/mol. The molecule has 2 aliphatic rings. The van der Waals surface area contributed by atoms with E-state index < -0.39 is 5.54 Å². The summed E-state index contributed by atoms with van der Waals surface area (Å²) in [5.74, 6) is 0.754. The Hall–Kier alpha value is -1.06. The highest BCUT2D eigenvalue weighted by Crippen LogP contribution is 2.42. The summed E-state index contributed by atoms with van der Waals surface area (Å²) in [5, 5.41) is 2.95. The Morgan fingerprint density at radius 2 is 1.83 bits per heavy atom. The van der Waals surface area contributed by atoms with Gasteiger partial charge in [-0.3, -0.25) is 9.59 Å². The standard InChI is InChI=1S/C14H24N2O2/c1-8(2)9(3)16-10(4)12(17)15-14(5,13(16)18)11-6-7-11/h8-11H,6-7H2,1-5H3,(H,15,17). The second kappa shape index (κ2) is 4.25. The minimum atomic E-state index is -0.674. The fraction of sp³-hybridized carbons (Fsp3) is 0.857. The van der Waals surface area contributed by atoms with Crippen LogP contribution in [0.4, 0.5) is 0 Å². The van der Waals surface area contributed by atoms with Crippen molar-refractivity contribution in [1.29, 1.82) is 0 Å². The number of piperazine rings is 1. The molecule has 18 heavy (non-hydrogen) atoms. The Morgan fingerprint density at radius 1 is 1.28 bits per heavy atom. The fourth-order valence-electron chi connectivity index (χ4n) is 2.78. The van der Waals surface area contributed by atoms with Gasteiger partial charge in [-0.05, 0) is 45.4 Å². The van der Waals surface area contributed by atoms with Crippen molar-refractivity contribution < 1.29 is 9.59 Å². The first-order chi connectivity index (χ1) is 8.29. The van der Waals surface area contributed by atoms with Gasteiger partial charge in [0.15, 0.2) is 0 Å². The van der Waals surface area contributed by atoms with Crippen molar-refractivity contribution >= 4 is 11.8 Å². The monoisotopic (exact) mass is 252 g/mol. The summed E-state index contributed by atoms with van der Waals surface area (Å²) in [6.07, 6.45) is 2.08. The lowest BCUT2D eigenvalue weighted by Crippen LogP contribution is -2.71. The second-order valence-electron chi connectivity index (χ2n) is 6.34. The summed E-state index contributed by atoms with van der Waals surface area (Å²) in [4.78, 5) is 26.7. The first-order valence-corrected chi connectivity index (χ1v) is 6.93. The highest BCUT2D eigenvalue weighted by atomic mass is 16.2. The fourth-order valence-corrected chi connectivity index (χ4v) is 2.78. The lowest BCUT2D eigenvalue weighted by molar-refractivity contribution is -0.158. The Morgan fingerprint density at radius 3 is 2.28 bits per heavy atom. The quantitative estimate of drug-likeness (QED) is 0.828. The van der Waals surface area contributed by atoms with Crippen molar-refractivity contribution in [3.8, 4) is 0 Å². The Kier molecular flexibility index (Phi) is 3.16. The molecular weight excluding hydrogens is 228 g/mol. The van der Waals surface area contributed by atoms with Crippen molar-refractivity contribution in [3.05, 3.63) is 0 Å². The molecule has 0 radical (unpaired) electrons. The lowest BCUT2D eigenvalue weighted by atomic mass is 9.87. The summed E-state index contributed by atoms with van der Waals surface area (Å²) < 4.78 is 0. The van der Waals surface area contributed by atoms with E-state index in [1.165, 1.54) is 0 Å². The van der Waals surface area contributed by atoms with Gasteiger partial charge < -0.3 is 10.2 Å². The number of carbonyl (C=O) groups is 2. The maximum atomic E-state index is 12.7. The van der Waals surface area contributed by atoms with E-state index in [9.17, 15) is 9.59 Å². The maximum Gasteiger partial charge on any atom is 0.249 e. The summed E-state index contributed by atoms with van der Waals surface area (Å²) in [5.41, 5.74) is -0.674. The molecule has 1 aliphatic carbocycles. The Labute approximate surface area is 109 Å². The number of amides is 2. The van der Waals surface area contributed by atoms with Gasteiger partial charge in [0.05, 0.1) is 0 Å². The van der Waals surface area contributed by atoms with Crippen LogP contribution in [0.15, 0.2) is 0 Å². The number of hydrogen-bond acceptors (Lipinski definition) is 2. The molecule has 0 aromatic carbocycles. The predicted octanol–water partition coefficient (Wildman–Crippen LogP) is 1.55. The van der Waals surface area contributed by atoms with Gasteiger partial charge >= 0.3 is 0 Å². The van der Waals surface area contributed by atoms with E-state index >= 15 is 0 Å². The molecule has 0 spiro atoms. The Balaban J connectivity index is 2.31. The van der Waals surface area contributed by atoms with Crippen LogP contribution >= 0.6 is 0 Å². The van der Waals surface area contributed by atoms with Crippen LogP contribution in [0.25, 0.3) is 0 Å². The van der Waals surface area contributed by atoms with E-state index in [4.69, 9.17) is 0 Å². The molecule has 0 aromatic heterocycles. The first kappa shape index (κ1) is 13.4. The van der Waals surface area contributed by atoms with Crippen molar-refractivity contribution in [1.82, 2.24) is 10.2 Å². The van der Waals surface area contributed by atoms with E-state index in [1.807, 2.05) is 20.8 Å². The van der Waals surface area contributed by atoms with Gasteiger partial charge in [0.2, 0.25) is 11.8 Å². The van der Waals surface area contributed by atoms with Gasteiger partial charge in [0.25, 0.3) is 0 Å². The average Bonchev–Trinajstić information content (AvgIpc) is 3.10. The summed E-state index contributed by atoms with van der Waals surface area (Å²) >= 11 is 0. The molecule has 2 fully saturated rings. The van der Waals surface area contributed by atoms with Crippen LogP contribution in [-0.2, 0) is 9.59 Å². The maximum absolute atomic E-state index is 12.7. The normalized spacial score (nSPS) is 34.8. The molecule has 4 heteroatoms. The lowest BCUT2D eigenvalue weighted by Gasteiger charge is -2.47. The third kappa shape index (κ3) is 1.91. The highest BCUT2D eigenvalue weighted by molar-refractivity contribution is 6.00. The Bertz CT molecular complexity index is 376. The summed E-state index contributed by atoms with van der Waals surface area (Å²) in [6, 6.07) is -0.265. The predicted molar refractivity (Wildman–Crippen MR) is 69.9 cm³/mol. The number of carbonyl (C=O) groups excluding carboxylic acids is 2. The number of nitrogens with one attached hydrogen (secondary N) is 1. The third-order valence-electron chi connectivity index (χ3n) is 4.66. The van der Waals surface area contributed by atoms with E-state index in [-0.39, 0.29) is 23.9 Å². The molecule has 3 atom stereocenters. The molecule has 102 valence electrons. The third-order valence-corrected chi connectivity index (χ3v) is 4.66. The van der Waals surface area contributed by atoms with Gasteiger partial charge in [-0.15, -0.1) is 0 Å². The molecule has 1 heterocycles. The van der Waals surface area contributed by atoms with E-state index in [2.05, 4.69) is 19.2 Å². The van der Waals surface area contributed by atoms with Crippen LogP contribution in [0.1, 0.15) is 47.5 Å². The zero-order valence-corrected chi connectivity index (χ0v) is 12.0. The van der Waals surface area contributed by atoms with E-state index in [1.54, 1.807) is 4.90 Å². The van der Waals surface area contributed by atoms with Crippen molar-refractivity contribution in [2.24, 2.45) is 11.8 Å². The van der Waals surface area contributed by atoms with E-state index in [0.29, 0.717) is 11.8 Å². The van der Waals surface area contributed by atoms with Crippen LogP contribution < -0.4 is 5.32 Å². The molecule has 2 amide bonds. The number of nitrogens with zero attached hydrogens (tertiary/aromatic N) is 1. The smallest absolute Gasteiger partial charge is 0.249 e. The molecule has 3 unspecified atom stereocenters. The van der Waals surface area contributed by atoms with E-state index in [0.717, 1.165) is 12.8 Å². The molecule has 1 N–H and O–H groups in total. The van der Waals surface area contributed by atoms with Crippen LogP contribution in [0.2, 0.25) is 0 Å². The topological polar surface area (TPSA) is 49.4 Å². The van der Waals surface area contributed by atoms with Gasteiger partial charge in [0.1, 0.15) is 11.6 Å². The van der Waals surface area contributed by atoms with Crippen LogP contribution in [0.5, 0.6) is 0 Å². The minimum absolute atomic E-state index is 0.0171. The largest absolute Gasteiger partial charge is 0.340 e. The van der Waals surface area contributed by atoms with Gasteiger partial charge in [-0.1, -0.05) is 13.8 Å². The zero-order valence-electron chi connectivity index (χ0n) is 12.0. The van der Waals surface area contributed by atoms with Gasteiger partial charge in [-0.25, -0.2) is 0 Å². The molecular formula is C14H24N2O2. The highest BCUT2D eigenvalue weighted by Gasteiger charge is 2.55. The molecule has 1 saturated heterocycles. The number of hydrogen-bond donors (Lipinski definition) is 1. The van der Waals surface area contributed by atoms with Gasteiger partial charge in [-0.2, -0.15) is 0 Å². The molecule has 0 bridgehead atoms. The minimum Gasteiger partial charge on any atom is -0.340 e. The van der Waals surface area contributed by atoms with Gasteiger partial charge in [0, 0.05) is 6.04 Å². The molecule has 1 saturated carbocycles. The van der Waals surface area contributed by atoms with Crippen LogP contribution in [0, 0.1) is 11.8 Å². The molecule has 2 rings (SSSR count). The first-order valence-electron chi connectivity index (χ1n) is 6.93. The zero-order chi connectivity index (χ0) is 13.7. The molecule has 0 aromatic rings. The van der Waals surface area contributed by atoms with Crippen LogP contribution in [-0.4, -0.2) is 34.3 Å². The number of rotatable bonds is 3. The summed E-state index contributed by atoms with van der Waals surface area (Å²) in [7, 11) is 0. The van der Waals surface area contributed by atoms with Crippen LogP contribution in [0.3, 0.4) is 0 Å². The molecule has 1 aliphatic heterocycles. The van der Waals surface area contributed by atoms with Crippen molar-refractivity contribution in [2.45, 2.75) is 65.1 Å². The summed E-state index contributed by atoms with van der Waals surface area (Å²) in [6.45, 7) is 9.91. The second-order valence-corrected chi connectivity index (χ2v) is 6.34. The SMILES string of the molecule is CC(C)C(C)N1C(=O)C(C)(C2CC2)NC(=O)C1C.